The van der Waals surface area contributed by atoms with E-state index in [1.54, 1.807) is 6.20 Å². The molecule has 2 heterocycles. The van der Waals surface area contributed by atoms with E-state index in [0.717, 1.165) is 16.8 Å². The third kappa shape index (κ3) is 2.69. The minimum atomic E-state index is 0.562. The summed E-state index contributed by atoms with van der Waals surface area (Å²) in [5, 5.41) is 0.679. The molecule has 1 atom stereocenters. The summed E-state index contributed by atoms with van der Waals surface area (Å²) in [5.41, 5.74) is 0. The number of halogens is 2. The van der Waals surface area contributed by atoms with Crippen molar-refractivity contribution in [1.82, 2.24) is 4.98 Å². The van der Waals surface area contributed by atoms with Gasteiger partial charge >= 0.3 is 0 Å². The highest BCUT2D eigenvalue weighted by molar-refractivity contribution is 9.10. The molecule has 2 nitrogen and oxygen atoms in total. The number of anilines is 1. The molecule has 0 N–H and O–H groups in total. The molecule has 1 aliphatic heterocycles. The first-order valence-corrected chi connectivity index (χ1v) is 6.93. The van der Waals surface area contributed by atoms with Gasteiger partial charge in [-0.2, -0.15) is 0 Å². The normalized spacial score (nSPS) is 21.9. The molecule has 0 spiro atoms. The third-order valence-corrected chi connectivity index (χ3v) is 3.90. The highest BCUT2D eigenvalue weighted by atomic mass is 79.9. The molecule has 16 heavy (non-hydrogen) atoms. The molecule has 0 aromatic carbocycles. The second-order valence-electron chi connectivity index (χ2n) is 4.35. The molecule has 0 aliphatic carbocycles. The van der Waals surface area contributed by atoms with E-state index < -0.39 is 0 Å². The summed E-state index contributed by atoms with van der Waals surface area (Å²) in [7, 11) is 0. The quantitative estimate of drug-likeness (QED) is 0.770. The van der Waals surface area contributed by atoms with Crippen LogP contribution in [0.25, 0.3) is 0 Å². The minimum absolute atomic E-state index is 0.562. The Morgan fingerprint density at radius 3 is 3.00 bits per heavy atom. The van der Waals surface area contributed by atoms with Crippen LogP contribution in [-0.2, 0) is 0 Å². The smallest absolute Gasteiger partial charge is 0.143 e. The number of aromatic nitrogens is 1. The van der Waals surface area contributed by atoms with Crippen LogP contribution in [0.15, 0.2) is 16.7 Å². The average Bonchev–Trinajstić information content (AvgIpc) is 2.44. The van der Waals surface area contributed by atoms with Crippen LogP contribution in [0, 0.1) is 0 Å². The Hall–Kier alpha value is -0.280. The van der Waals surface area contributed by atoms with Crippen molar-refractivity contribution in [3.8, 4) is 0 Å². The van der Waals surface area contributed by atoms with E-state index in [-0.39, 0.29) is 0 Å². The van der Waals surface area contributed by atoms with Crippen molar-refractivity contribution < 1.29 is 0 Å². The van der Waals surface area contributed by atoms with Gasteiger partial charge < -0.3 is 4.90 Å². The summed E-state index contributed by atoms with van der Waals surface area (Å²) >= 11 is 9.46. The summed E-state index contributed by atoms with van der Waals surface area (Å²) in [6.07, 6.45) is 6.87. The van der Waals surface area contributed by atoms with Crippen molar-refractivity contribution >= 4 is 33.3 Å². The molecule has 1 saturated heterocycles. The maximum Gasteiger partial charge on any atom is 0.143 e. The van der Waals surface area contributed by atoms with Gasteiger partial charge in [0, 0.05) is 18.8 Å². The first-order chi connectivity index (χ1) is 7.68. The monoisotopic (exact) mass is 302 g/mol. The zero-order chi connectivity index (χ0) is 11.5. The van der Waals surface area contributed by atoms with Crippen molar-refractivity contribution in [2.75, 3.05) is 11.4 Å². The molecule has 0 saturated carbocycles. The van der Waals surface area contributed by atoms with Gasteiger partial charge in [-0.1, -0.05) is 24.4 Å². The molecule has 0 bridgehead atoms. The van der Waals surface area contributed by atoms with Crippen LogP contribution in [0.3, 0.4) is 0 Å². The van der Waals surface area contributed by atoms with Crippen molar-refractivity contribution in [3.63, 3.8) is 0 Å². The molecule has 1 aromatic rings. The lowest BCUT2D eigenvalue weighted by atomic mass is 10.1. The third-order valence-electron chi connectivity index (χ3n) is 3.11. The second-order valence-corrected chi connectivity index (χ2v) is 5.64. The molecule has 0 amide bonds. The topological polar surface area (TPSA) is 16.1 Å². The molecule has 88 valence electrons. The Morgan fingerprint density at radius 1 is 1.44 bits per heavy atom. The van der Waals surface area contributed by atoms with Crippen LogP contribution in [0.4, 0.5) is 5.82 Å². The maximum absolute atomic E-state index is 5.91. The Morgan fingerprint density at radius 2 is 2.25 bits per heavy atom. The zero-order valence-electron chi connectivity index (χ0n) is 9.42. The summed E-state index contributed by atoms with van der Waals surface area (Å²) < 4.78 is 0.994. The van der Waals surface area contributed by atoms with Crippen LogP contribution in [0.5, 0.6) is 0 Å². The van der Waals surface area contributed by atoms with E-state index >= 15 is 0 Å². The summed E-state index contributed by atoms with van der Waals surface area (Å²) in [4.78, 5) is 6.82. The fraction of sp³-hybridized carbons (Fsp3) is 0.583. The molecule has 1 aliphatic rings. The van der Waals surface area contributed by atoms with Gasteiger partial charge in [-0.05, 0) is 41.8 Å². The Balaban J connectivity index is 2.27. The molecule has 0 radical (unpaired) electrons. The predicted octanol–water partition coefficient (Wildman–Crippen LogP) is 4.27. The summed E-state index contributed by atoms with van der Waals surface area (Å²) in [6.45, 7) is 3.36. The Labute approximate surface area is 110 Å². The molecule has 2 rings (SSSR count). The standard InChI is InChI=1S/C12H16BrClN2/c1-9-5-3-2-4-6-16(9)12-11(13)7-10(14)8-15-12/h7-9H,2-6H2,1H3. The number of nitrogens with zero attached hydrogens (tertiary/aromatic N) is 2. The zero-order valence-corrected chi connectivity index (χ0v) is 11.8. The average molecular weight is 304 g/mol. The van der Waals surface area contributed by atoms with E-state index in [0.29, 0.717) is 11.1 Å². The van der Waals surface area contributed by atoms with Crippen LogP contribution in [-0.4, -0.2) is 17.6 Å². The van der Waals surface area contributed by atoms with Crippen molar-refractivity contribution in [2.24, 2.45) is 0 Å². The SMILES string of the molecule is CC1CCCCCN1c1ncc(Cl)cc1Br. The predicted molar refractivity (Wildman–Crippen MR) is 72.2 cm³/mol. The van der Waals surface area contributed by atoms with Gasteiger partial charge in [0.05, 0.1) is 9.50 Å². The highest BCUT2D eigenvalue weighted by Crippen LogP contribution is 2.30. The largest absolute Gasteiger partial charge is 0.353 e. The Kier molecular flexibility index (Phi) is 4.09. The lowest BCUT2D eigenvalue weighted by molar-refractivity contribution is 0.610. The Bertz CT molecular complexity index is 370. The minimum Gasteiger partial charge on any atom is -0.353 e. The maximum atomic E-state index is 5.91. The molecular weight excluding hydrogens is 288 g/mol. The fourth-order valence-corrected chi connectivity index (χ4v) is 3.07. The molecule has 1 fully saturated rings. The highest BCUT2D eigenvalue weighted by Gasteiger charge is 2.20. The number of hydrogen-bond acceptors (Lipinski definition) is 2. The van der Waals surface area contributed by atoms with Gasteiger partial charge in [-0.15, -0.1) is 0 Å². The summed E-state index contributed by atoms with van der Waals surface area (Å²) in [6, 6.07) is 2.48. The molecular formula is C12H16BrClN2. The summed E-state index contributed by atoms with van der Waals surface area (Å²) in [5.74, 6) is 1.03. The molecule has 1 unspecified atom stereocenters. The molecule has 4 heteroatoms. The van der Waals surface area contributed by atoms with Gasteiger partial charge in [-0.3, -0.25) is 0 Å². The number of hydrogen-bond donors (Lipinski definition) is 0. The van der Waals surface area contributed by atoms with E-state index in [1.165, 1.54) is 25.7 Å². The fourth-order valence-electron chi connectivity index (χ4n) is 2.21. The lowest BCUT2D eigenvalue weighted by Crippen LogP contribution is -2.33. The molecule has 1 aromatic heterocycles. The van der Waals surface area contributed by atoms with E-state index in [9.17, 15) is 0 Å². The van der Waals surface area contributed by atoms with Gasteiger partial charge in [-0.25, -0.2) is 4.98 Å². The van der Waals surface area contributed by atoms with Crippen LogP contribution >= 0.6 is 27.5 Å². The van der Waals surface area contributed by atoms with Gasteiger partial charge in [0.25, 0.3) is 0 Å². The van der Waals surface area contributed by atoms with E-state index in [2.05, 4.69) is 32.7 Å². The lowest BCUT2D eigenvalue weighted by Gasteiger charge is -2.29. The van der Waals surface area contributed by atoms with Crippen molar-refractivity contribution in [1.29, 1.82) is 0 Å². The van der Waals surface area contributed by atoms with E-state index in [4.69, 9.17) is 11.6 Å². The van der Waals surface area contributed by atoms with Crippen LogP contribution in [0.2, 0.25) is 5.02 Å². The van der Waals surface area contributed by atoms with Crippen LogP contribution < -0.4 is 4.90 Å². The first kappa shape index (κ1) is 12.2. The number of rotatable bonds is 1. The van der Waals surface area contributed by atoms with Gasteiger partial charge in [0.2, 0.25) is 0 Å². The van der Waals surface area contributed by atoms with Crippen LogP contribution in [0.1, 0.15) is 32.6 Å². The number of pyridine rings is 1. The first-order valence-electron chi connectivity index (χ1n) is 5.76. The van der Waals surface area contributed by atoms with Crippen molar-refractivity contribution in [2.45, 2.75) is 38.6 Å². The van der Waals surface area contributed by atoms with Gasteiger partial charge in [0.15, 0.2) is 0 Å². The van der Waals surface area contributed by atoms with Gasteiger partial charge in [0.1, 0.15) is 5.82 Å². The van der Waals surface area contributed by atoms with E-state index in [1.807, 2.05) is 6.07 Å². The van der Waals surface area contributed by atoms with Crippen molar-refractivity contribution in [3.05, 3.63) is 21.8 Å². The second kappa shape index (κ2) is 5.37.